The van der Waals surface area contributed by atoms with Gasteiger partial charge in [-0.25, -0.2) is 0 Å². The van der Waals surface area contributed by atoms with Crippen molar-refractivity contribution in [1.29, 1.82) is 0 Å². The van der Waals surface area contributed by atoms with Crippen LogP contribution in [0.3, 0.4) is 0 Å². The van der Waals surface area contributed by atoms with Gasteiger partial charge in [-0.15, -0.1) is 0 Å². The Hall–Kier alpha value is -2.34. The van der Waals surface area contributed by atoms with Crippen LogP contribution in [0.2, 0.25) is 0 Å². The monoisotopic (exact) mass is 343 g/mol. The number of para-hydroxylation sites is 1. The fraction of sp³-hybridized carbons (Fsp3) is 0.474. The molecular weight excluding hydrogens is 318 g/mol. The van der Waals surface area contributed by atoms with E-state index >= 15 is 0 Å². The van der Waals surface area contributed by atoms with Crippen LogP contribution in [0, 0.1) is 5.92 Å². The van der Waals surface area contributed by atoms with Crippen molar-refractivity contribution >= 4 is 5.91 Å². The molecule has 1 saturated carbocycles. The highest BCUT2D eigenvalue weighted by molar-refractivity contribution is 5.93. The first-order valence-electron chi connectivity index (χ1n) is 8.83. The first kappa shape index (κ1) is 17.5. The van der Waals surface area contributed by atoms with Crippen LogP contribution in [-0.4, -0.2) is 41.0 Å². The number of methoxy groups -OCH3 is 1. The van der Waals surface area contributed by atoms with Gasteiger partial charge >= 0.3 is 0 Å². The van der Waals surface area contributed by atoms with E-state index in [1.807, 2.05) is 24.3 Å². The zero-order valence-corrected chi connectivity index (χ0v) is 14.5. The zero-order chi connectivity index (χ0) is 17.6. The molecule has 6 heteroatoms. The Balaban J connectivity index is 1.74. The Bertz CT molecular complexity index is 713. The first-order chi connectivity index (χ1) is 12.2. The highest BCUT2D eigenvalue weighted by Gasteiger charge is 2.25. The second kappa shape index (κ2) is 8.16. The molecule has 2 unspecified atom stereocenters. The van der Waals surface area contributed by atoms with Crippen LogP contribution in [0.15, 0.2) is 30.3 Å². The second-order valence-corrected chi connectivity index (χ2v) is 6.53. The Kier molecular flexibility index (Phi) is 5.71. The molecule has 1 aromatic carbocycles. The van der Waals surface area contributed by atoms with E-state index in [1.165, 1.54) is 0 Å². The van der Waals surface area contributed by atoms with Crippen LogP contribution < -0.4 is 10.1 Å². The maximum absolute atomic E-state index is 12.6. The van der Waals surface area contributed by atoms with Crippen molar-refractivity contribution in [2.45, 2.75) is 38.1 Å². The number of aliphatic hydroxyl groups excluding tert-OH is 1. The van der Waals surface area contributed by atoms with Gasteiger partial charge in [0.25, 0.3) is 5.91 Å². The summed E-state index contributed by atoms with van der Waals surface area (Å²) in [4.78, 5) is 12.6. The quantitative estimate of drug-likeness (QED) is 0.729. The number of aliphatic hydroxyl groups is 1. The maximum atomic E-state index is 12.6. The summed E-state index contributed by atoms with van der Waals surface area (Å²) >= 11 is 0. The van der Waals surface area contributed by atoms with Crippen molar-refractivity contribution in [1.82, 2.24) is 15.5 Å². The van der Waals surface area contributed by atoms with Crippen LogP contribution in [0.4, 0.5) is 0 Å². The Morgan fingerprint density at radius 3 is 2.92 bits per heavy atom. The van der Waals surface area contributed by atoms with Crippen LogP contribution in [-0.2, 0) is 0 Å². The lowest BCUT2D eigenvalue weighted by atomic mass is 9.95. The topological polar surface area (TPSA) is 87.2 Å². The number of nitrogens with zero attached hydrogens (tertiary/aromatic N) is 1. The molecule has 3 rings (SSSR count). The van der Waals surface area contributed by atoms with E-state index in [0.717, 1.165) is 37.7 Å². The van der Waals surface area contributed by atoms with E-state index in [9.17, 15) is 9.90 Å². The first-order valence-corrected chi connectivity index (χ1v) is 8.83. The van der Waals surface area contributed by atoms with Gasteiger partial charge < -0.3 is 15.2 Å². The number of nitrogens with one attached hydrogen (secondary N) is 2. The molecule has 2 atom stereocenters. The SMILES string of the molecule is COc1ccccc1-c1cc(C(=O)NC2CCCCCC2CO)[nH]n1. The molecule has 0 radical (unpaired) electrons. The highest BCUT2D eigenvalue weighted by atomic mass is 16.5. The number of carbonyl (C=O) groups is 1. The molecule has 1 fully saturated rings. The van der Waals surface area contributed by atoms with Gasteiger partial charge in [-0.1, -0.05) is 31.4 Å². The normalized spacial score (nSPS) is 20.7. The summed E-state index contributed by atoms with van der Waals surface area (Å²) in [7, 11) is 1.61. The summed E-state index contributed by atoms with van der Waals surface area (Å²) in [5.74, 6) is 0.659. The van der Waals surface area contributed by atoms with Crippen molar-refractivity contribution in [3.63, 3.8) is 0 Å². The van der Waals surface area contributed by atoms with Crippen LogP contribution in [0.5, 0.6) is 5.75 Å². The summed E-state index contributed by atoms with van der Waals surface area (Å²) in [6.07, 6.45) is 5.21. The molecule has 0 saturated heterocycles. The summed E-state index contributed by atoms with van der Waals surface area (Å²) < 4.78 is 5.35. The van der Waals surface area contributed by atoms with Crippen molar-refractivity contribution in [2.75, 3.05) is 13.7 Å². The lowest BCUT2D eigenvalue weighted by Gasteiger charge is -2.24. The molecule has 25 heavy (non-hydrogen) atoms. The molecule has 0 spiro atoms. The van der Waals surface area contributed by atoms with Crippen LogP contribution >= 0.6 is 0 Å². The molecule has 1 heterocycles. The average Bonchev–Trinajstić information content (AvgIpc) is 3.03. The number of carbonyl (C=O) groups excluding carboxylic acids is 1. The predicted molar refractivity (Wildman–Crippen MR) is 95.5 cm³/mol. The predicted octanol–water partition coefficient (Wildman–Crippen LogP) is 2.76. The van der Waals surface area contributed by atoms with E-state index in [4.69, 9.17) is 4.74 Å². The molecule has 1 aliphatic rings. The highest BCUT2D eigenvalue weighted by Crippen LogP contribution is 2.28. The third-order valence-corrected chi connectivity index (χ3v) is 4.92. The number of rotatable bonds is 5. The fourth-order valence-electron chi connectivity index (χ4n) is 3.47. The van der Waals surface area contributed by atoms with Gasteiger partial charge in [-0.3, -0.25) is 9.89 Å². The summed E-state index contributed by atoms with van der Waals surface area (Å²) in [6.45, 7) is 0.111. The van der Waals surface area contributed by atoms with Gasteiger partial charge in [0.05, 0.1) is 12.8 Å². The second-order valence-electron chi connectivity index (χ2n) is 6.53. The van der Waals surface area contributed by atoms with Crippen molar-refractivity contribution < 1.29 is 14.6 Å². The fourth-order valence-corrected chi connectivity index (χ4v) is 3.47. The lowest BCUT2D eigenvalue weighted by Crippen LogP contribution is -2.41. The van der Waals surface area contributed by atoms with Gasteiger partial charge in [0.15, 0.2) is 0 Å². The molecule has 0 bridgehead atoms. The number of aromatic amines is 1. The third kappa shape index (κ3) is 4.02. The number of hydrogen-bond donors (Lipinski definition) is 3. The number of H-pyrrole nitrogens is 1. The minimum Gasteiger partial charge on any atom is -0.496 e. The number of ether oxygens (including phenoxy) is 1. The van der Waals surface area contributed by atoms with Gasteiger partial charge in [0, 0.05) is 24.1 Å². The van der Waals surface area contributed by atoms with Gasteiger partial charge in [-0.2, -0.15) is 5.10 Å². The van der Waals surface area contributed by atoms with E-state index in [1.54, 1.807) is 13.2 Å². The zero-order valence-electron chi connectivity index (χ0n) is 14.5. The van der Waals surface area contributed by atoms with Crippen LogP contribution in [0.25, 0.3) is 11.3 Å². The molecule has 1 aromatic heterocycles. The molecular formula is C19H25N3O3. The van der Waals surface area contributed by atoms with Crippen molar-refractivity contribution in [3.05, 3.63) is 36.0 Å². The summed E-state index contributed by atoms with van der Waals surface area (Å²) in [5, 5.41) is 19.7. The summed E-state index contributed by atoms with van der Waals surface area (Å²) in [5.41, 5.74) is 1.92. The average molecular weight is 343 g/mol. The molecule has 3 N–H and O–H groups in total. The lowest BCUT2D eigenvalue weighted by molar-refractivity contribution is 0.0894. The molecule has 1 amide bonds. The van der Waals surface area contributed by atoms with Gasteiger partial charge in [0.2, 0.25) is 0 Å². The number of benzene rings is 1. The molecule has 0 aliphatic heterocycles. The minimum atomic E-state index is -0.181. The largest absolute Gasteiger partial charge is 0.496 e. The molecule has 1 aliphatic carbocycles. The van der Waals surface area contributed by atoms with Crippen LogP contribution in [0.1, 0.15) is 42.6 Å². The Labute approximate surface area is 147 Å². The molecule has 6 nitrogen and oxygen atoms in total. The van der Waals surface area contributed by atoms with Gasteiger partial charge in [0.1, 0.15) is 11.4 Å². The Morgan fingerprint density at radius 2 is 2.12 bits per heavy atom. The van der Waals surface area contributed by atoms with E-state index in [0.29, 0.717) is 17.1 Å². The van der Waals surface area contributed by atoms with Crippen molar-refractivity contribution in [3.8, 4) is 17.0 Å². The van der Waals surface area contributed by atoms with E-state index in [2.05, 4.69) is 15.5 Å². The number of aromatic nitrogens is 2. The summed E-state index contributed by atoms with van der Waals surface area (Å²) in [6, 6.07) is 9.31. The smallest absolute Gasteiger partial charge is 0.269 e. The maximum Gasteiger partial charge on any atom is 0.269 e. The third-order valence-electron chi connectivity index (χ3n) is 4.92. The Morgan fingerprint density at radius 1 is 1.32 bits per heavy atom. The van der Waals surface area contributed by atoms with Gasteiger partial charge in [-0.05, 0) is 31.0 Å². The number of hydrogen-bond acceptors (Lipinski definition) is 4. The number of amides is 1. The van der Waals surface area contributed by atoms with E-state index < -0.39 is 0 Å². The standard InChI is InChI=1S/C19H25N3O3/c1-25-18-10-6-5-8-14(18)16-11-17(22-21-16)19(24)20-15-9-4-2-3-7-13(15)12-23/h5-6,8,10-11,13,15,23H,2-4,7,9,12H2,1H3,(H,20,24)(H,21,22). The molecule has 2 aromatic rings. The van der Waals surface area contributed by atoms with Crippen molar-refractivity contribution in [2.24, 2.45) is 5.92 Å². The minimum absolute atomic E-state index is 0.0120. The van der Waals surface area contributed by atoms with E-state index in [-0.39, 0.29) is 24.5 Å². The molecule has 134 valence electrons.